The van der Waals surface area contributed by atoms with Crippen molar-refractivity contribution in [1.82, 2.24) is 0 Å². The number of fused-ring (bicyclic) bond motifs is 2. The van der Waals surface area contributed by atoms with Gasteiger partial charge in [0.1, 0.15) is 8.07 Å². The summed E-state index contributed by atoms with van der Waals surface area (Å²) in [6.07, 6.45) is 15.7. The fourth-order valence-electron chi connectivity index (χ4n) is 8.59. The molecule has 232 valence electrons. The van der Waals surface area contributed by atoms with Crippen molar-refractivity contribution in [3.8, 4) is 22.3 Å². The van der Waals surface area contributed by atoms with Crippen molar-refractivity contribution < 1.29 is 0 Å². The molecule has 0 heterocycles. The van der Waals surface area contributed by atoms with Crippen LogP contribution < -0.4 is 0 Å². The lowest BCUT2D eigenvalue weighted by atomic mass is 9.91. The highest BCUT2D eigenvalue weighted by atomic mass is 28.3. The van der Waals surface area contributed by atoms with Crippen molar-refractivity contribution in [3.05, 3.63) is 128 Å². The zero-order valence-electron chi connectivity index (χ0n) is 28.7. The smallest absolute Gasteiger partial charge is 0.0709 e. The largest absolute Gasteiger partial charge is 0.109 e. The number of unbranched alkanes of at least 4 members (excludes halogenated alkanes) is 4. The van der Waals surface area contributed by atoms with Crippen LogP contribution in [-0.4, -0.2) is 8.07 Å². The van der Waals surface area contributed by atoms with E-state index in [-0.39, 0.29) is 0 Å². The van der Waals surface area contributed by atoms with E-state index in [1.54, 1.807) is 21.5 Å². The quantitative estimate of drug-likeness (QED) is 0.111. The van der Waals surface area contributed by atoms with Crippen LogP contribution in [0.4, 0.5) is 0 Å². The second-order valence-corrected chi connectivity index (χ2v) is 18.4. The van der Waals surface area contributed by atoms with Gasteiger partial charge < -0.3 is 0 Å². The molecule has 0 unspecified atom stereocenters. The standard InChI is InChI=1S/C44H52Si/c1-7-9-11-25-45(26-12-10-8-2,37-27-35-21-15-23-39(41(35)29-37)43-31(3)17-13-18-32(43)4)38-28-36-22-16-24-40(42(36)30-38)44-33(5)19-14-20-34(44)6/h13-24,29-30H,7-12,25-28H2,1-6H3. The maximum Gasteiger partial charge on any atom is 0.109 e. The van der Waals surface area contributed by atoms with Crippen molar-refractivity contribution in [2.45, 2.75) is 105 Å². The molecule has 0 aliphatic heterocycles. The van der Waals surface area contributed by atoms with E-state index >= 15 is 0 Å². The Labute approximate surface area is 274 Å². The molecule has 0 aromatic heterocycles. The molecule has 0 saturated heterocycles. The van der Waals surface area contributed by atoms with Gasteiger partial charge in [0.25, 0.3) is 0 Å². The first kappa shape index (κ1) is 31.6. The Morgan fingerprint density at radius 3 is 1.24 bits per heavy atom. The number of hydrogen-bond acceptors (Lipinski definition) is 0. The van der Waals surface area contributed by atoms with E-state index in [0.717, 1.165) is 12.8 Å². The summed E-state index contributed by atoms with van der Waals surface area (Å²) >= 11 is 0. The summed E-state index contributed by atoms with van der Waals surface area (Å²) in [5.41, 5.74) is 17.3. The normalized spacial score (nSPS) is 13.9. The molecule has 2 aliphatic rings. The molecule has 0 amide bonds. The van der Waals surface area contributed by atoms with Gasteiger partial charge in [-0.25, -0.2) is 0 Å². The minimum atomic E-state index is -1.98. The average molecular weight is 609 g/mol. The van der Waals surface area contributed by atoms with Crippen molar-refractivity contribution in [2.75, 3.05) is 0 Å². The summed E-state index contributed by atoms with van der Waals surface area (Å²) < 4.78 is 0. The fraction of sp³-hybridized carbons (Fsp3) is 0.364. The predicted octanol–water partition coefficient (Wildman–Crippen LogP) is 12.7. The highest BCUT2D eigenvalue weighted by Gasteiger charge is 2.43. The lowest BCUT2D eigenvalue weighted by Crippen LogP contribution is -2.40. The molecule has 1 heteroatoms. The lowest BCUT2D eigenvalue weighted by molar-refractivity contribution is 0.739. The number of rotatable bonds is 12. The second kappa shape index (κ2) is 13.5. The summed E-state index contributed by atoms with van der Waals surface area (Å²) in [6.45, 7) is 13.9. The van der Waals surface area contributed by atoms with Gasteiger partial charge in [-0.3, -0.25) is 0 Å². The number of benzene rings is 4. The van der Waals surface area contributed by atoms with Gasteiger partial charge in [-0.2, -0.15) is 0 Å². The third-order valence-corrected chi connectivity index (χ3v) is 16.5. The zero-order chi connectivity index (χ0) is 31.6. The van der Waals surface area contributed by atoms with E-state index in [2.05, 4.69) is 126 Å². The van der Waals surface area contributed by atoms with Crippen molar-refractivity contribution in [2.24, 2.45) is 0 Å². The van der Waals surface area contributed by atoms with E-state index < -0.39 is 8.07 Å². The highest BCUT2D eigenvalue weighted by Crippen LogP contribution is 2.48. The molecule has 2 aliphatic carbocycles. The second-order valence-electron chi connectivity index (χ2n) is 14.0. The zero-order valence-corrected chi connectivity index (χ0v) is 29.7. The summed E-state index contributed by atoms with van der Waals surface area (Å²) in [7, 11) is -1.98. The Morgan fingerprint density at radius 1 is 0.489 bits per heavy atom. The fourth-order valence-corrected chi connectivity index (χ4v) is 14.1. The van der Waals surface area contributed by atoms with E-state index in [4.69, 9.17) is 0 Å². The molecule has 0 radical (unpaired) electrons. The van der Waals surface area contributed by atoms with Gasteiger partial charge in [0, 0.05) is 0 Å². The molecule has 4 aromatic carbocycles. The molecule has 0 spiro atoms. The molecule has 0 atom stereocenters. The van der Waals surface area contributed by atoms with Crippen LogP contribution in [0.1, 0.15) is 96.9 Å². The van der Waals surface area contributed by atoms with Gasteiger partial charge in [-0.15, -0.1) is 0 Å². The Morgan fingerprint density at radius 2 is 0.867 bits per heavy atom. The molecule has 0 nitrogen and oxygen atoms in total. The molecule has 45 heavy (non-hydrogen) atoms. The van der Waals surface area contributed by atoms with Gasteiger partial charge in [0.15, 0.2) is 0 Å². The molecule has 0 bridgehead atoms. The first-order valence-corrected chi connectivity index (χ1v) is 20.1. The average Bonchev–Trinajstić information content (AvgIpc) is 3.67. The van der Waals surface area contributed by atoms with Crippen molar-refractivity contribution >= 4 is 20.2 Å². The Kier molecular flexibility index (Phi) is 9.48. The minimum Gasteiger partial charge on any atom is -0.0709 e. The molecule has 0 saturated carbocycles. The molecule has 4 aromatic rings. The van der Waals surface area contributed by atoms with E-state index in [9.17, 15) is 0 Å². The maximum absolute atomic E-state index is 2.72. The van der Waals surface area contributed by atoms with Gasteiger partial charge >= 0.3 is 0 Å². The van der Waals surface area contributed by atoms with Gasteiger partial charge in [0.2, 0.25) is 0 Å². The number of allylic oxidation sites excluding steroid dienone is 2. The number of hydrogen-bond donors (Lipinski definition) is 0. The lowest BCUT2D eigenvalue weighted by Gasteiger charge is -2.36. The van der Waals surface area contributed by atoms with E-state index in [1.165, 1.54) is 106 Å². The first-order valence-electron chi connectivity index (χ1n) is 17.7. The molecule has 6 rings (SSSR count). The SMILES string of the molecule is CCCCC[Si](CCCCC)(C1=Cc2c(cccc2-c2c(C)cccc2C)C1)C1=Cc2c(cccc2-c2c(C)cccc2C)C1. The number of aryl methyl sites for hydroxylation is 4. The summed E-state index contributed by atoms with van der Waals surface area (Å²) in [5, 5.41) is 3.60. The Bertz CT molecular complexity index is 1590. The van der Waals surface area contributed by atoms with Crippen LogP contribution in [0.2, 0.25) is 12.1 Å². The molecule has 0 N–H and O–H groups in total. The van der Waals surface area contributed by atoms with Gasteiger partial charge in [0.05, 0.1) is 0 Å². The Balaban J connectivity index is 1.51. The predicted molar refractivity (Wildman–Crippen MR) is 200 cm³/mol. The third kappa shape index (κ3) is 5.97. The topological polar surface area (TPSA) is 0 Å². The summed E-state index contributed by atoms with van der Waals surface area (Å²) in [6, 6.07) is 30.5. The van der Waals surface area contributed by atoms with Crippen LogP contribution in [0.15, 0.2) is 83.2 Å². The van der Waals surface area contributed by atoms with Crippen molar-refractivity contribution in [1.29, 1.82) is 0 Å². The third-order valence-electron chi connectivity index (χ3n) is 10.9. The molecule has 0 fully saturated rings. The van der Waals surface area contributed by atoms with Crippen LogP contribution in [0.5, 0.6) is 0 Å². The summed E-state index contributed by atoms with van der Waals surface area (Å²) in [4.78, 5) is 0. The van der Waals surface area contributed by atoms with Crippen LogP contribution in [0.25, 0.3) is 34.4 Å². The first-order chi connectivity index (χ1) is 21.9. The van der Waals surface area contributed by atoms with Crippen LogP contribution >= 0.6 is 0 Å². The Hall–Kier alpha value is -3.42. The van der Waals surface area contributed by atoms with Gasteiger partial charge in [-0.1, -0.05) is 148 Å². The summed E-state index contributed by atoms with van der Waals surface area (Å²) in [5.74, 6) is 0. The van der Waals surface area contributed by atoms with E-state index in [0.29, 0.717) is 0 Å². The van der Waals surface area contributed by atoms with Crippen molar-refractivity contribution in [3.63, 3.8) is 0 Å². The van der Waals surface area contributed by atoms with Crippen LogP contribution in [0.3, 0.4) is 0 Å². The van der Waals surface area contributed by atoms with E-state index in [1.807, 2.05) is 0 Å². The highest BCUT2D eigenvalue weighted by molar-refractivity contribution is 6.94. The van der Waals surface area contributed by atoms with Gasteiger partial charge in [-0.05, 0) is 119 Å². The molecular formula is C44H52Si. The van der Waals surface area contributed by atoms with Crippen LogP contribution in [0, 0.1) is 27.7 Å². The molecular weight excluding hydrogens is 557 g/mol. The minimum absolute atomic E-state index is 1.13. The maximum atomic E-state index is 2.72. The van der Waals surface area contributed by atoms with Crippen LogP contribution in [-0.2, 0) is 12.8 Å². The monoisotopic (exact) mass is 608 g/mol.